The molecule has 0 bridgehead atoms. The van der Waals surface area contributed by atoms with Crippen LogP contribution in [0, 0.1) is 6.92 Å². The van der Waals surface area contributed by atoms with Crippen LogP contribution >= 0.6 is 11.8 Å². The maximum absolute atomic E-state index is 13.2. The largest absolute Gasteiger partial charge is 0.338 e. The number of rotatable bonds is 6. The van der Waals surface area contributed by atoms with Crippen molar-refractivity contribution >= 4 is 40.2 Å². The van der Waals surface area contributed by atoms with Crippen LogP contribution in [0.4, 0.5) is 5.88 Å². The predicted octanol–water partition coefficient (Wildman–Crippen LogP) is 3.12. The third-order valence-corrected chi connectivity index (χ3v) is 5.81. The Hall–Kier alpha value is -3.92. The Labute approximate surface area is 186 Å². The zero-order valence-electron chi connectivity index (χ0n) is 17.1. The minimum atomic E-state index is -0.259. The lowest BCUT2D eigenvalue weighted by Crippen LogP contribution is -2.24. The van der Waals surface area contributed by atoms with Gasteiger partial charge in [-0.3, -0.25) is 23.9 Å². The van der Waals surface area contributed by atoms with Crippen LogP contribution < -0.4 is 10.9 Å². The molecule has 0 fully saturated rings. The van der Waals surface area contributed by atoms with E-state index in [9.17, 15) is 9.59 Å². The van der Waals surface area contributed by atoms with E-state index in [1.165, 1.54) is 11.8 Å². The molecule has 160 valence electrons. The van der Waals surface area contributed by atoms with E-state index in [1.807, 2.05) is 52.9 Å². The van der Waals surface area contributed by atoms with E-state index >= 15 is 0 Å². The maximum Gasteiger partial charge on any atom is 0.263 e. The SMILES string of the molecule is Cc1cc(NC(=O)CSc2nnc3n(Cc4ccccc4)c(=O)c4ccccc4n23)on1. The number of carbonyl (C=O) groups excluding carboxylic acids is 1. The Morgan fingerprint density at radius 1 is 1.09 bits per heavy atom. The van der Waals surface area contributed by atoms with Crippen molar-refractivity contribution in [2.75, 3.05) is 11.1 Å². The van der Waals surface area contributed by atoms with Crippen molar-refractivity contribution in [2.24, 2.45) is 0 Å². The number of thioether (sulfide) groups is 1. The lowest BCUT2D eigenvalue weighted by Gasteiger charge is -2.11. The molecule has 0 aliphatic heterocycles. The molecule has 0 saturated heterocycles. The number of para-hydroxylation sites is 1. The van der Waals surface area contributed by atoms with Crippen molar-refractivity contribution < 1.29 is 9.32 Å². The summed E-state index contributed by atoms with van der Waals surface area (Å²) >= 11 is 1.23. The standard InChI is InChI=1S/C22H18N6O3S/c1-14-11-19(31-26-14)23-18(29)13-32-22-25-24-21-27(12-15-7-3-2-4-8-15)20(30)16-9-5-6-10-17(16)28(21)22/h2-11H,12-13H2,1H3,(H,23,29). The molecular formula is C22H18N6O3S. The van der Waals surface area contributed by atoms with Gasteiger partial charge in [0, 0.05) is 6.07 Å². The van der Waals surface area contributed by atoms with Crippen LogP contribution in [0.15, 0.2) is 75.1 Å². The van der Waals surface area contributed by atoms with Gasteiger partial charge in [-0.15, -0.1) is 10.2 Å². The number of hydrogen-bond acceptors (Lipinski definition) is 7. The summed E-state index contributed by atoms with van der Waals surface area (Å²) < 4.78 is 8.44. The summed E-state index contributed by atoms with van der Waals surface area (Å²) in [7, 11) is 0. The average molecular weight is 446 g/mol. The zero-order valence-corrected chi connectivity index (χ0v) is 17.9. The molecule has 10 heteroatoms. The Morgan fingerprint density at radius 3 is 2.66 bits per heavy atom. The number of carbonyl (C=O) groups is 1. The molecular weight excluding hydrogens is 428 g/mol. The fourth-order valence-corrected chi connectivity index (χ4v) is 4.20. The van der Waals surface area contributed by atoms with Crippen LogP contribution in [0.5, 0.6) is 0 Å². The van der Waals surface area contributed by atoms with Crippen LogP contribution in [0.3, 0.4) is 0 Å². The normalized spacial score (nSPS) is 11.3. The first-order chi connectivity index (χ1) is 15.6. The number of nitrogens with zero attached hydrogens (tertiary/aromatic N) is 5. The minimum absolute atomic E-state index is 0.0900. The predicted molar refractivity (Wildman–Crippen MR) is 121 cm³/mol. The molecule has 1 amide bonds. The number of nitrogens with one attached hydrogen (secondary N) is 1. The molecule has 0 unspecified atom stereocenters. The molecule has 0 radical (unpaired) electrons. The first-order valence-electron chi connectivity index (χ1n) is 9.87. The van der Waals surface area contributed by atoms with Gasteiger partial charge < -0.3 is 4.52 Å². The first-order valence-corrected chi connectivity index (χ1v) is 10.9. The smallest absolute Gasteiger partial charge is 0.263 e. The van der Waals surface area contributed by atoms with Crippen molar-refractivity contribution in [1.82, 2.24) is 24.3 Å². The van der Waals surface area contributed by atoms with E-state index in [0.717, 1.165) is 5.56 Å². The molecule has 9 nitrogen and oxygen atoms in total. The van der Waals surface area contributed by atoms with E-state index in [-0.39, 0.29) is 17.2 Å². The van der Waals surface area contributed by atoms with Gasteiger partial charge >= 0.3 is 0 Å². The van der Waals surface area contributed by atoms with Gasteiger partial charge in [-0.25, -0.2) is 0 Å². The van der Waals surface area contributed by atoms with Gasteiger partial charge in [0.1, 0.15) is 0 Å². The maximum atomic E-state index is 13.2. The second-order valence-electron chi connectivity index (χ2n) is 7.18. The molecule has 0 spiro atoms. The van der Waals surface area contributed by atoms with Gasteiger partial charge in [0.2, 0.25) is 17.6 Å². The highest BCUT2D eigenvalue weighted by atomic mass is 32.2. The Kier molecular flexibility index (Phi) is 5.20. The van der Waals surface area contributed by atoms with E-state index in [0.29, 0.717) is 40.0 Å². The molecule has 5 aromatic rings. The quantitative estimate of drug-likeness (QED) is 0.399. The highest BCUT2D eigenvalue weighted by Crippen LogP contribution is 2.22. The second-order valence-corrected chi connectivity index (χ2v) is 8.12. The molecule has 32 heavy (non-hydrogen) atoms. The third-order valence-electron chi connectivity index (χ3n) is 4.88. The molecule has 5 rings (SSSR count). The van der Waals surface area contributed by atoms with Gasteiger partial charge in [-0.2, -0.15) is 0 Å². The van der Waals surface area contributed by atoms with Crippen molar-refractivity contribution in [3.05, 3.63) is 82.3 Å². The number of benzene rings is 2. The summed E-state index contributed by atoms with van der Waals surface area (Å²) in [5.74, 6) is 0.546. The average Bonchev–Trinajstić information content (AvgIpc) is 3.42. The van der Waals surface area contributed by atoms with Crippen molar-refractivity contribution in [3.8, 4) is 0 Å². The lowest BCUT2D eigenvalue weighted by molar-refractivity contribution is -0.113. The highest BCUT2D eigenvalue weighted by molar-refractivity contribution is 7.99. The highest BCUT2D eigenvalue weighted by Gasteiger charge is 2.18. The molecule has 3 aromatic heterocycles. The van der Waals surface area contributed by atoms with Gasteiger partial charge in [0.05, 0.1) is 28.9 Å². The van der Waals surface area contributed by atoms with Crippen molar-refractivity contribution in [2.45, 2.75) is 18.6 Å². The molecule has 0 atom stereocenters. The van der Waals surface area contributed by atoms with Crippen LogP contribution in [0.25, 0.3) is 16.7 Å². The fraction of sp³-hybridized carbons (Fsp3) is 0.136. The number of aromatic nitrogens is 5. The molecule has 1 N–H and O–H groups in total. The Morgan fingerprint density at radius 2 is 1.88 bits per heavy atom. The van der Waals surface area contributed by atoms with Crippen molar-refractivity contribution in [3.63, 3.8) is 0 Å². The van der Waals surface area contributed by atoms with Gasteiger partial charge in [-0.1, -0.05) is 59.4 Å². The van der Waals surface area contributed by atoms with E-state index in [4.69, 9.17) is 4.52 Å². The number of amides is 1. The van der Waals surface area contributed by atoms with E-state index in [2.05, 4.69) is 20.7 Å². The topological polar surface area (TPSA) is 107 Å². The van der Waals surface area contributed by atoms with E-state index < -0.39 is 0 Å². The molecule has 0 aliphatic rings. The summed E-state index contributed by atoms with van der Waals surface area (Å²) in [6.07, 6.45) is 0. The number of hydrogen-bond donors (Lipinski definition) is 1. The fourth-order valence-electron chi connectivity index (χ4n) is 3.46. The zero-order chi connectivity index (χ0) is 22.1. The molecule has 0 aliphatic carbocycles. The van der Waals surface area contributed by atoms with Crippen LogP contribution in [0.1, 0.15) is 11.3 Å². The van der Waals surface area contributed by atoms with Crippen molar-refractivity contribution in [1.29, 1.82) is 0 Å². The number of fused-ring (bicyclic) bond motifs is 3. The lowest BCUT2D eigenvalue weighted by atomic mass is 10.2. The Balaban J connectivity index is 1.52. The third kappa shape index (κ3) is 3.76. The molecule has 2 aromatic carbocycles. The second kappa shape index (κ2) is 8.31. The van der Waals surface area contributed by atoms with Crippen LogP contribution in [0.2, 0.25) is 0 Å². The summed E-state index contributed by atoms with van der Waals surface area (Å²) in [6, 6.07) is 18.7. The molecule has 3 heterocycles. The van der Waals surface area contributed by atoms with Crippen LogP contribution in [-0.4, -0.2) is 36.0 Å². The van der Waals surface area contributed by atoms with Crippen LogP contribution in [-0.2, 0) is 11.3 Å². The minimum Gasteiger partial charge on any atom is -0.338 e. The number of anilines is 1. The Bertz CT molecular complexity index is 1490. The van der Waals surface area contributed by atoms with E-state index in [1.54, 1.807) is 23.6 Å². The summed E-state index contributed by atoms with van der Waals surface area (Å²) in [5, 5.41) is 16.0. The summed E-state index contributed by atoms with van der Waals surface area (Å²) in [5.41, 5.74) is 2.21. The van der Waals surface area contributed by atoms with Gasteiger partial charge in [0.25, 0.3) is 5.56 Å². The summed E-state index contributed by atoms with van der Waals surface area (Å²) in [6.45, 7) is 2.14. The van der Waals surface area contributed by atoms with Gasteiger partial charge in [0.15, 0.2) is 5.16 Å². The monoisotopic (exact) mass is 446 g/mol. The first kappa shape index (κ1) is 20.0. The van der Waals surface area contributed by atoms with Gasteiger partial charge in [-0.05, 0) is 24.6 Å². The molecule has 0 saturated carbocycles. The summed E-state index contributed by atoms with van der Waals surface area (Å²) in [4.78, 5) is 25.6. The number of aryl methyl sites for hydroxylation is 1.